The van der Waals surface area contributed by atoms with Crippen LogP contribution < -0.4 is 16.0 Å². The van der Waals surface area contributed by atoms with Crippen molar-refractivity contribution in [2.45, 2.75) is 0 Å². The van der Waals surface area contributed by atoms with E-state index in [2.05, 4.69) is 28.0 Å². The first kappa shape index (κ1) is 13.6. The molecule has 0 bridgehead atoms. The summed E-state index contributed by atoms with van der Waals surface area (Å²) in [6, 6.07) is 11.9. The van der Waals surface area contributed by atoms with E-state index in [0.29, 0.717) is 5.75 Å². The number of hydrogen-bond donors (Lipinski definition) is 2. The van der Waals surface area contributed by atoms with E-state index in [-0.39, 0.29) is 17.1 Å². The fourth-order valence-corrected chi connectivity index (χ4v) is 2.08. The van der Waals surface area contributed by atoms with Crippen molar-refractivity contribution in [2.75, 3.05) is 5.43 Å². The maximum Gasteiger partial charge on any atom is 0.335 e. The summed E-state index contributed by atoms with van der Waals surface area (Å²) in [6.07, 6.45) is 0. The fraction of sp³-hybridized carbons (Fsp3) is 0. The third-order valence-corrected chi connectivity index (χ3v) is 3.03. The molecule has 0 saturated carbocycles. The second-order valence-corrected chi connectivity index (χ2v) is 4.86. The van der Waals surface area contributed by atoms with Gasteiger partial charge in [0.2, 0.25) is 5.75 Å². The van der Waals surface area contributed by atoms with Crippen molar-refractivity contribution >= 4 is 34.0 Å². The Labute approximate surface area is 122 Å². The standard InChI is InChI=1S/C12H10IN3O3/c13-8-3-1-4-9(7-8)19-11-6-2-5-10(15-14)12(11)16(17)18/h1-7,15H,14H2. The molecule has 7 heteroatoms. The first-order valence-corrected chi connectivity index (χ1v) is 6.37. The van der Waals surface area contributed by atoms with E-state index >= 15 is 0 Å². The average Bonchev–Trinajstić information content (AvgIpc) is 2.38. The predicted molar refractivity (Wildman–Crippen MR) is 80.1 cm³/mol. The van der Waals surface area contributed by atoms with E-state index in [1.165, 1.54) is 12.1 Å². The maximum absolute atomic E-state index is 11.1. The molecule has 0 fully saturated rings. The number of ether oxygens (including phenoxy) is 1. The zero-order chi connectivity index (χ0) is 13.8. The molecule has 0 aromatic heterocycles. The van der Waals surface area contributed by atoms with Gasteiger partial charge in [0.25, 0.3) is 0 Å². The first-order chi connectivity index (χ1) is 9.11. The monoisotopic (exact) mass is 371 g/mol. The zero-order valence-electron chi connectivity index (χ0n) is 9.67. The number of nitrogen functional groups attached to an aromatic ring is 1. The van der Waals surface area contributed by atoms with Crippen LogP contribution in [-0.4, -0.2) is 4.92 Å². The molecule has 2 aromatic rings. The number of nitrogens with zero attached hydrogens (tertiary/aromatic N) is 1. The van der Waals surface area contributed by atoms with Gasteiger partial charge >= 0.3 is 5.69 Å². The van der Waals surface area contributed by atoms with E-state index in [1.807, 2.05) is 12.1 Å². The number of nitrogens with one attached hydrogen (secondary N) is 1. The molecule has 0 aliphatic heterocycles. The fourth-order valence-electron chi connectivity index (χ4n) is 1.57. The number of nitrogens with two attached hydrogens (primary N) is 1. The Hall–Kier alpha value is -1.87. The number of anilines is 1. The lowest BCUT2D eigenvalue weighted by Gasteiger charge is -2.09. The number of nitro groups is 1. The van der Waals surface area contributed by atoms with Gasteiger partial charge in [0.1, 0.15) is 11.4 Å². The van der Waals surface area contributed by atoms with Gasteiger partial charge < -0.3 is 10.2 Å². The lowest BCUT2D eigenvalue weighted by molar-refractivity contribution is -0.384. The topological polar surface area (TPSA) is 90.4 Å². The number of nitro benzene ring substituents is 1. The molecule has 0 atom stereocenters. The molecule has 0 radical (unpaired) electrons. The van der Waals surface area contributed by atoms with Gasteiger partial charge in [0.05, 0.1) is 4.92 Å². The molecule has 19 heavy (non-hydrogen) atoms. The Balaban J connectivity index is 2.42. The van der Waals surface area contributed by atoms with Crippen molar-refractivity contribution in [3.63, 3.8) is 0 Å². The number of hydrazine groups is 1. The quantitative estimate of drug-likeness (QED) is 0.373. The van der Waals surface area contributed by atoms with Crippen LogP contribution in [0.15, 0.2) is 42.5 Å². The van der Waals surface area contributed by atoms with Crippen LogP contribution in [0.25, 0.3) is 0 Å². The number of rotatable bonds is 4. The van der Waals surface area contributed by atoms with Gasteiger partial charge in [-0.15, -0.1) is 0 Å². The van der Waals surface area contributed by atoms with Crippen LogP contribution >= 0.6 is 22.6 Å². The van der Waals surface area contributed by atoms with E-state index in [4.69, 9.17) is 10.6 Å². The summed E-state index contributed by atoms with van der Waals surface area (Å²) in [5, 5.41) is 11.1. The van der Waals surface area contributed by atoms with Crippen molar-refractivity contribution in [3.8, 4) is 11.5 Å². The van der Waals surface area contributed by atoms with E-state index in [0.717, 1.165) is 3.57 Å². The summed E-state index contributed by atoms with van der Waals surface area (Å²) in [6.45, 7) is 0. The zero-order valence-corrected chi connectivity index (χ0v) is 11.8. The Morgan fingerprint density at radius 2 is 2.00 bits per heavy atom. The number of benzene rings is 2. The summed E-state index contributed by atoms with van der Waals surface area (Å²) >= 11 is 2.14. The van der Waals surface area contributed by atoms with Crippen LogP contribution in [0.2, 0.25) is 0 Å². The Morgan fingerprint density at radius 3 is 2.63 bits per heavy atom. The molecule has 0 saturated heterocycles. The lowest BCUT2D eigenvalue weighted by Crippen LogP contribution is -2.09. The van der Waals surface area contributed by atoms with Gasteiger partial charge in [0, 0.05) is 3.57 Å². The molecule has 0 spiro atoms. The molecule has 2 aromatic carbocycles. The SMILES string of the molecule is NNc1cccc(Oc2cccc(I)c2)c1[N+](=O)[O-]. The van der Waals surface area contributed by atoms with Crippen LogP contribution in [0.4, 0.5) is 11.4 Å². The minimum atomic E-state index is -0.529. The molecule has 0 aliphatic carbocycles. The smallest absolute Gasteiger partial charge is 0.335 e. The largest absolute Gasteiger partial charge is 0.450 e. The summed E-state index contributed by atoms with van der Waals surface area (Å²) in [7, 11) is 0. The van der Waals surface area contributed by atoms with E-state index < -0.39 is 4.92 Å². The average molecular weight is 371 g/mol. The Bertz CT molecular complexity index is 619. The van der Waals surface area contributed by atoms with Gasteiger partial charge in [-0.2, -0.15) is 0 Å². The molecule has 98 valence electrons. The Morgan fingerprint density at radius 1 is 1.26 bits per heavy atom. The molecule has 0 aliphatic rings. The third kappa shape index (κ3) is 3.12. The van der Waals surface area contributed by atoms with Crippen LogP contribution in [0, 0.1) is 13.7 Å². The van der Waals surface area contributed by atoms with Crippen molar-refractivity contribution in [1.29, 1.82) is 0 Å². The minimum Gasteiger partial charge on any atom is -0.450 e. The molecule has 0 heterocycles. The van der Waals surface area contributed by atoms with Crippen LogP contribution in [-0.2, 0) is 0 Å². The number of hydrogen-bond acceptors (Lipinski definition) is 5. The van der Waals surface area contributed by atoms with Crippen molar-refractivity contribution in [1.82, 2.24) is 0 Å². The van der Waals surface area contributed by atoms with Gasteiger partial charge in [-0.1, -0.05) is 12.1 Å². The summed E-state index contributed by atoms with van der Waals surface area (Å²) in [4.78, 5) is 10.6. The lowest BCUT2D eigenvalue weighted by atomic mass is 10.2. The number of para-hydroxylation sites is 1. The highest BCUT2D eigenvalue weighted by atomic mass is 127. The van der Waals surface area contributed by atoms with Gasteiger partial charge in [-0.25, -0.2) is 0 Å². The van der Waals surface area contributed by atoms with Gasteiger partial charge in [-0.3, -0.25) is 16.0 Å². The normalized spacial score (nSPS) is 10.0. The van der Waals surface area contributed by atoms with Crippen LogP contribution in [0.3, 0.4) is 0 Å². The summed E-state index contributed by atoms with van der Waals surface area (Å²) in [5.41, 5.74) is 2.30. The van der Waals surface area contributed by atoms with E-state index in [1.54, 1.807) is 18.2 Å². The van der Waals surface area contributed by atoms with Crippen molar-refractivity contribution in [3.05, 3.63) is 56.1 Å². The molecule has 6 nitrogen and oxygen atoms in total. The second-order valence-electron chi connectivity index (χ2n) is 3.61. The maximum atomic E-state index is 11.1. The molecule has 0 unspecified atom stereocenters. The third-order valence-electron chi connectivity index (χ3n) is 2.36. The molecule has 0 amide bonds. The predicted octanol–water partition coefficient (Wildman–Crippen LogP) is 3.28. The van der Waals surface area contributed by atoms with Crippen molar-refractivity contribution < 1.29 is 9.66 Å². The highest BCUT2D eigenvalue weighted by Gasteiger charge is 2.21. The van der Waals surface area contributed by atoms with Gasteiger partial charge in [0.15, 0.2) is 0 Å². The Kier molecular flexibility index (Phi) is 4.17. The summed E-state index contributed by atoms with van der Waals surface area (Å²) in [5.74, 6) is 5.94. The highest BCUT2D eigenvalue weighted by Crippen LogP contribution is 2.37. The second kappa shape index (κ2) is 5.85. The first-order valence-electron chi connectivity index (χ1n) is 5.29. The van der Waals surface area contributed by atoms with Gasteiger partial charge in [-0.05, 0) is 52.9 Å². The summed E-state index contributed by atoms with van der Waals surface area (Å²) < 4.78 is 6.53. The molecular formula is C12H10IN3O3. The molecule has 2 rings (SSSR count). The van der Waals surface area contributed by atoms with Crippen molar-refractivity contribution in [2.24, 2.45) is 5.84 Å². The highest BCUT2D eigenvalue weighted by molar-refractivity contribution is 14.1. The van der Waals surface area contributed by atoms with Crippen LogP contribution in [0.1, 0.15) is 0 Å². The van der Waals surface area contributed by atoms with E-state index in [9.17, 15) is 10.1 Å². The van der Waals surface area contributed by atoms with Crippen LogP contribution in [0.5, 0.6) is 11.5 Å². The molecule has 3 N–H and O–H groups in total. The minimum absolute atomic E-state index is 0.141. The number of halogens is 1. The molecular weight excluding hydrogens is 361 g/mol.